The quantitative estimate of drug-likeness (QED) is 0.351. The molecule has 12 heteroatoms. The molecule has 0 spiro atoms. The zero-order valence-corrected chi connectivity index (χ0v) is 19.9. The highest BCUT2D eigenvalue weighted by Crippen LogP contribution is 2.29. The second kappa shape index (κ2) is 12.5. The van der Waals surface area contributed by atoms with E-state index in [1.807, 2.05) is 18.5 Å². The first-order chi connectivity index (χ1) is 16.8. The van der Waals surface area contributed by atoms with Crippen LogP contribution < -0.4 is 15.5 Å². The van der Waals surface area contributed by atoms with Crippen LogP contribution in [0.5, 0.6) is 0 Å². The van der Waals surface area contributed by atoms with Gasteiger partial charge in [-0.05, 0) is 19.9 Å². The number of hydrogen-bond donors (Lipinski definition) is 2. The highest BCUT2D eigenvalue weighted by atomic mass is 16.5. The molecule has 34 heavy (non-hydrogen) atoms. The molecule has 0 bridgehead atoms. The molecule has 0 saturated carbocycles. The number of hydrogen-bond acceptors (Lipinski definition) is 11. The second-order valence-electron chi connectivity index (χ2n) is 7.64. The van der Waals surface area contributed by atoms with Gasteiger partial charge in [0.05, 0.1) is 33.0 Å². The summed E-state index contributed by atoms with van der Waals surface area (Å²) in [6.45, 7) is 11.1. The van der Waals surface area contributed by atoms with E-state index in [9.17, 15) is 0 Å². The van der Waals surface area contributed by atoms with Gasteiger partial charge in [0.15, 0.2) is 5.82 Å². The first-order valence-corrected chi connectivity index (χ1v) is 11.8. The minimum Gasteiger partial charge on any atom is -0.380 e. The number of fused-ring (bicyclic) bond motifs is 1. The SMILES string of the molecule is CCOCCOCc1nn(CCOCC)c2c(Nc3ccncn3)nc(N3CCNCC3)nc12. The highest BCUT2D eigenvalue weighted by molar-refractivity contribution is 5.90. The molecule has 0 atom stereocenters. The summed E-state index contributed by atoms with van der Waals surface area (Å²) in [6.07, 6.45) is 3.19. The average Bonchev–Trinajstić information content (AvgIpc) is 3.23. The van der Waals surface area contributed by atoms with Crippen LogP contribution in [0.15, 0.2) is 18.6 Å². The molecule has 0 unspecified atom stereocenters. The average molecular weight is 472 g/mol. The van der Waals surface area contributed by atoms with Crippen LogP contribution in [-0.4, -0.2) is 88.9 Å². The predicted octanol–water partition coefficient (Wildman–Crippen LogP) is 1.36. The van der Waals surface area contributed by atoms with Gasteiger partial charge in [-0.1, -0.05) is 0 Å². The van der Waals surface area contributed by atoms with E-state index in [1.54, 1.807) is 12.3 Å². The minimum atomic E-state index is 0.330. The third kappa shape index (κ3) is 6.14. The van der Waals surface area contributed by atoms with E-state index in [0.717, 1.165) is 42.9 Å². The fraction of sp³-hybridized carbons (Fsp3) is 0.591. The Bertz CT molecular complexity index is 1030. The fourth-order valence-corrected chi connectivity index (χ4v) is 3.70. The number of anilines is 3. The fourth-order valence-electron chi connectivity index (χ4n) is 3.70. The van der Waals surface area contributed by atoms with E-state index in [1.165, 1.54) is 6.33 Å². The summed E-state index contributed by atoms with van der Waals surface area (Å²) in [5.74, 6) is 1.95. The van der Waals surface area contributed by atoms with Crippen molar-refractivity contribution in [3.63, 3.8) is 0 Å². The van der Waals surface area contributed by atoms with Crippen molar-refractivity contribution in [3.05, 3.63) is 24.3 Å². The Morgan fingerprint density at radius 3 is 2.59 bits per heavy atom. The maximum Gasteiger partial charge on any atom is 0.228 e. The van der Waals surface area contributed by atoms with Gasteiger partial charge in [-0.15, -0.1) is 0 Å². The maximum absolute atomic E-state index is 5.86. The molecule has 1 saturated heterocycles. The molecule has 0 aromatic carbocycles. The maximum atomic E-state index is 5.86. The Hall–Kier alpha value is -2.93. The van der Waals surface area contributed by atoms with Gasteiger partial charge in [0.2, 0.25) is 5.95 Å². The summed E-state index contributed by atoms with van der Waals surface area (Å²) in [6, 6.07) is 1.80. The molecule has 0 amide bonds. The minimum absolute atomic E-state index is 0.330. The smallest absolute Gasteiger partial charge is 0.228 e. The molecular weight excluding hydrogens is 438 g/mol. The van der Waals surface area contributed by atoms with Crippen molar-refractivity contribution in [1.29, 1.82) is 0 Å². The van der Waals surface area contributed by atoms with Crippen molar-refractivity contribution in [2.75, 3.05) is 69.4 Å². The van der Waals surface area contributed by atoms with Crippen LogP contribution in [0.4, 0.5) is 17.6 Å². The molecule has 0 aliphatic carbocycles. The van der Waals surface area contributed by atoms with Crippen LogP contribution in [0.2, 0.25) is 0 Å². The molecule has 1 fully saturated rings. The largest absolute Gasteiger partial charge is 0.380 e. The molecule has 3 aromatic heterocycles. The van der Waals surface area contributed by atoms with Gasteiger partial charge in [-0.3, -0.25) is 4.68 Å². The normalized spacial score (nSPS) is 14.1. The number of nitrogens with zero attached hydrogens (tertiary/aromatic N) is 7. The number of aromatic nitrogens is 6. The summed E-state index contributed by atoms with van der Waals surface area (Å²) in [5.41, 5.74) is 2.31. The van der Waals surface area contributed by atoms with Crippen molar-refractivity contribution in [2.24, 2.45) is 0 Å². The lowest BCUT2D eigenvalue weighted by atomic mass is 10.3. The summed E-state index contributed by atoms with van der Waals surface area (Å²) < 4.78 is 18.7. The van der Waals surface area contributed by atoms with Gasteiger partial charge in [0.25, 0.3) is 0 Å². The van der Waals surface area contributed by atoms with Gasteiger partial charge in [0, 0.05) is 45.6 Å². The molecule has 0 radical (unpaired) electrons. The number of ether oxygens (including phenoxy) is 3. The van der Waals surface area contributed by atoms with Crippen LogP contribution in [0.3, 0.4) is 0 Å². The third-order valence-corrected chi connectivity index (χ3v) is 5.34. The van der Waals surface area contributed by atoms with Crippen LogP contribution >= 0.6 is 0 Å². The molecule has 1 aliphatic rings. The molecule has 3 aromatic rings. The molecule has 4 rings (SSSR count). The Labute approximate surface area is 199 Å². The topological polar surface area (TPSA) is 124 Å². The van der Waals surface area contributed by atoms with Crippen molar-refractivity contribution >= 4 is 28.6 Å². The van der Waals surface area contributed by atoms with E-state index in [0.29, 0.717) is 63.8 Å². The van der Waals surface area contributed by atoms with Gasteiger partial charge in [0.1, 0.15) is 28.9 Å². The second-order valence-corrected chi connectivity index (χ2v) is 7.64. The van der Waals surface area contributed by atoms with E-state index < -0.39 is 0 Å². The van der Waals surface area contributed by atoms with Crippen molar-refractivity contribution in [2.45, 2.75) is 27.0 Å². The van der Waals surface area contributed by atoms with Gasteiger partial charge < -0.3 is 29.7 Å². The van der Waals surface area contributed by atoms with Crippen LogP contribution in [-0.2, 0) is 27.4 Å². The molecular formula is C22H33N9O3. The summed E-state index contributed by atoms with van der Waals surface area (Å²) in [4.78, 5) is 20.3. The van der Waals surface area contributed by atoms with E-state index >= 15 is 0 Å². The predicted molar refractivity (Wildman–Crippen MR) is 128 cm³/mol. The third-order valence-electron chi connectivity index (χ3n) is 5.34. The van der Waals surface area contributed by atoms with Crippen LogP contribution in [0, 0.1) is 0 Å². The van der Waals surface area contributed by atoms with E-state index in [4.69, 9.17) is 29.3 Å². The standard InChI is InChI=1S/C22H33N9O3/c1-3-32-12-11-31-20-19(17(29-31)15-34-14-13-33-4-2)27-22(30-9-7-23-8-10-30)28-21(20)26-18-5-6-24-16-25-18/h5-6,16,23H,3-4,7-15H2,1-2H3,(H,24,25,26,27,28). The van der Waals surface area contributed by atoms with E-state index in [2.05, 4.69) is 25.5 Å². The first kappa shape index (κ1) is 24.2. The van der Waals surface area contributed by atoms with Crippen LogP contribution in [0.25, 0.3) is 11.0 Å². The lowest BCUT2D eigenvalue weighted by molar-refractivity contribution is 0.0441. The van der Waals surface area contributed by atoms with Crippen molar-refractivity contribution in [3.8, 4) is 0 Å². The summed E-state index contributed by atoms with van der Waals surface area (Å²) in [7, 11) is 0. The Balaban J connectivity index is 1.72. The lowest BCUT2D eigenvalue weighted by Gasteiger charge is -2.27. The molecule has 1 aliphatic heterocycles. The Morgan fingerprint density at radius 1 is 1.03 bits per heavy atom. The zero-order valence-electron chi connectivity index (χ0n) is 19.9. The zero-order chi connectivity index (χ0) is 23.6. The summed E-state index contributed by atoms with van der Waals surface area (Å²) in [5, 5.41) is 11.6. The summed E-state index contributed by atoms with van der Waals surface area (Å²) >= 11 is 0. The highest BCUT2D eigenvalue weighted by Gasteiger charge is 2.22. The number of piperazine rings is 1. The Kier molecular flexibility index (Phi) is 8.90. The van der Waals surface area contributed by atoms with Gasteiger partial charge in [-0.25, -0.2) is 15.0 Å². The monoisotopic (exact) mass is 471 g/mol. The number of rotatable bonds is 13. The molecule has 12 nitrogen and oxygen atoms in total. The lowest BCUT2D eigenvalue weighted by Crippen LogP contribution is -2.44. The molecule has 4 heterocycles. The molecule has 2 N–H and O–H groups in total. The van der Waals surface area contributed by atoms with E-state index in [-0.39, 0.29) is 0 Å². The van der Waals surface area contributed by atoms with Gasteiger partial charge in [-0.2, -0.15) is 10.1 Å². The number of nitrogens with one attached hydrogen (secondary N) is 2. The van der Waals surface area contributed by atoms with Crippen molar-refractivity contribution in [1.82, 2.24) is 35.0 Å². The van der Waals surface area contributed by atoms with Gasteiger partial charge >= 0.3 is 0 Å². The van der Waals surface area contributed by atoms with Crippen molar-refractivity contribution < 1.29 is 14.2 Å². The first-order valence-electron chi connectivity index (χ1n) is 11.8. The van der Waals surface area contributed by atoms with Crippen LogP contribution in [0.1, 0.15) is 19.5 Å². The Morgan fingerprint density at radius 2 is 1.82 bits per heavy atom. The molecule has 184 valence electrons.